The van der Waals surface area contributed by atoms with Crippen molar-refractivity contribution in [2.75, 3.05) is 31.6 Å². The first-order valence-corrected chi connectivity index (χ1v) is 12.6. The SMILES string of the molecule is Cl.O=C(NO)C1(S(=O)(=O)c2ccc(Nc3ccc4c(c3)OCCO4)cc2)CCN(C2CC2)CC1. The van der Waals surface area contributed by atoms with Crippen LogP contribution in [0.2, 0.25) is 0 Å². The van der Waals surface area contributed by atoms with Gasteiger partial charge in [0.2, 0.25) is 0 Å². The van der Waals surface area contributed by atoms with Crippen molar-refractivity contribution in [1.29, 1.82) is 0 Å². The minimum Gasteiger partial charge on any atom is -0.486 e. The number of amides is 1. The Bertz CT molecular complexity index is 1150. The van der Waals surface area contributed by atoms with Gasteiger partial charge in [0.05, 0.1) is 4.90 Å². The number of likely N-dealkylation sites (tertiary alicyclic amines) is 1. The fourth-order valence-corrected chi connectivity index (χ4v) is 6.60. The lowest BCUT2D eigenvalue weighted by molar-refractivity contribution is -0.133. The molecule has 3 aliphatic rings. The molecule has 0 bridgehead atoms. The van der Waals surface area contributed by atoms with Crippen LogP contribution >= 0.6 is 12.4 Å². The number of carbonyl (C=O) groups excluding carboxylic acids is 1. The molecule has 2 aromatic carbocycles. The van der Waals surface area contributed by atoms with Gasteiger partial charge in [-0.3, -0.25) is 10.0 Å². The van der Waals surface area contributed by atoms with Crippen molar-refractivity contribution in [3.05, 3.63) is 42.5 Å². The van der Waals surface area contributed by atoms with Gasteiger partial charge in [0.25, 0.3) is 5.91 Å². The largest absolute Gasteiger partial charge is 0.486 e. The summed E-state index contributed by atoms with van der Waals surface area (Å²) >= 11 is 0. The molecule has 2 aromatic rings. The molecule has 0 atom stereocenters. The highest BCUT2D eigenvalue weighted by Gasteiger charge is 2.53. The highest BCUT2D eigenvalue weighted by atomic mass is 35.5. The maximum absolute atomic E-state index is 13.6. The van der Waals surface area contributed by atoms with Crippen LogP contribution in [-0.4, -0.2) is 61.5 Å². The molecule has 2 fully saturated rings. The summed E-state index contributed by atoms with van der Waals surface area (Å²) in [6.07, 6.45) is 2.53. The lowest BCUT2D eigenvalue weighted by Gasteiger charge is -2.39. The summed E-state index contributed by atoms with van der Waals surface area (Å²) in [6, 6.07) is 12.3. The molecule has 0 radical (unpaired) electrons. The van der Waals surface area contributed by atoms with Crippen LogP contribution in [0.1, 0.15) is 25.7 Å². The standard InChI is InChI=1S/C23H27N3O6S.ClH/c27-22(25-28)23(9-11-26(12-10-23)18-4-5-18)33(29,30)19-6-1-16(2-7-19)24-17-3-8-20-21(15-17)32-14-13-31-20;/h1-3,6-8,15,18,24,28H,4-5,9-14H2,(H,25,27);1H. The molecule has 1 saturated carbocycles. The molecule has 2 aliphatic heterocycles. The summed E-state index contributed by atoms with van der Waals surface area (Å²) in [6.45, 7) is 2.04. The van der Waals surface area contributed by atoms with E-state index in [1.165, 1.54) is 12.1 Å². The summed E-state index contributed by atoms with van der Waals surface area (Å²) in [7, 11) is -4.03. The first-order chi connectivity index (χ1) is 15.9. The Balaban J connectivity index is 0.00000274. The second-order valence-corrected chi connectivity index (χ2v) is 11.0. The molecule has 0 spiro atoms. The lowest BCUT2D eigenvalue weighted by atomic mass is 9.94. The number of halogens is 1. The quantitative estimate of drug-likeness (QED) is 0.402. The molecule has 0 unspecified atom stereocenters. The Kier molecular flexibility index (Phi) is 6.95. The monoisotopic (exact) mass is 509 g/mol. The molecule has 11 heteroatoms. The highest BCUT2D eigenvalue weighted by molar-refractivity contribution is 7.93. The van der Waals surface area contributed by atoms with E-state index in [9.17, 15) is 18.4 Å². The molecule has 1 aliphatic carbocycles. The van der Waals surface area contributed by atoms with Crippen LogP contribution in [0.15, 0.2) is 47.4 Å². The van der Waals surface area contributed by atoms with Crippen LogP contribution in [0.5, 0.6) is 11.5 Å². The third-order valence-corrected chi connectivity index (χ3v) is 9.21. The van der Waals surface area contributed by atoms with Gasteiger partial charge in [-0.05, 0) is 62.1 Å². The number of anilines is 2. The van der Waals surface area contributed by atoms with Gasteiger partial charge in [-0.2, -0.15) is 0 Å². The molecular weight excluding hydrogens is 482 g/mol. The summed E-state index contributed by atoms with van der Waals surface area (Å²) < 4.78 is 36.6. The van der Waals surface area contributed by atoms with Crippen molar-refractivity contribution in [3.63, 3.8) is 0 Å². The van der Waals surface area contributed by atoms with Crippen molar-refractivity contribution in [2.24, 2.45) is 0 Å². The van der Waals surface area contributed by atoms with Gasteiger partial charge in [-0.15, -0.1) is 12.4 Å². The van der Waals surface area contributed by atoms with Crippen molar-refractivity contribution in [3.8, 4) is 11.5 Å². The number of nitrogens with zero attached hydrogens (tertiary/aromatic N) is 1. The number of ether oxygens (including phenoxy) is 2. The lowest BCUT2D eigenvalue weighted by Crippen LogP contribution is -2.58. The Labute approximate surface area is 204 Å². The summed E-state index contributed by atoms with van der Waals surface area (Å²) in [4.78, 5) is 14.9. The minimum atomic E-state index is -4.03. The number of hydroxylamine groups is 1. The number of rotatable bonds is 6. The molecule has 3 N–H and O–H groups in total. The molecule has 184 valence electrons. The van der Waals surface area contributed by atoms with E-state index in [1.807, 2.05) is 18.2 Å². The minimum absolute atomic E-state index is 0. The van der Waals surface area contributed by atoms with Gasteiger partial charge in [0.1, 0.15) is 13.2 Å². The number of nitrogens with one attached hydrogen (secondary N) is 2. The number of sulfone groups is 1. The fourth-order valence-electron chi connectivity index (χ4n) is 4.64. The topological polar surface area (TPSA) is 117 Å². The van der Waals surface area contributed by atoms with Gasteiger partial charge < -0.3 is 19.7 Å². The number of benzene rings is 2. The number of hydrogen-bond acceptors (Lipinski definition) is 8. The van der Waals surface area contributed by atoms with E-state index in [0.29, 0.717) is 49.5 Å². The van der Waals surface area contributed by atoms with Gasteiger partial charge in [-0.1, -0.05) is 0 Å². The van der Waals surface area contributed by atoms with Crippen LogP contribution in [-0.2, 0) is 14.6 Å². The Morgan fingerprint density at radius 2 is 1.59 bits per heavy atom. The van der Waals surface area contributed by atoms with Gasteiger partial charge in [-0.25, -0.2) is 13.9 Å². The number of piperidine rings is 1. The molecule has 0 aromatic heterocycles. The van der Waals surface area contributed by atoms with Gasteiger partial charge in [0, 0.05) is 36.6 Å². The van der Waals surface area contributed by atoms with Crippen LogP contribution < -0.4 is 20.3 Å². The maximum atomic E-state index is 13.6. The van der Waals surface area contributed by atoms with Crippen LogP contribution in [0.25, 0.3) is 0 Å². The molecule has 1 amide bonds. The van der Waals surface area contributed by atoms with Crippen molar-refractivity contribution < 1.29 is 27.9 Å². The van der Waals surface area contributed by atoms with E-state index in [-0.39, 0.29) is 30.1 Å². The zero-order chi connectivity index (χ0) is 23.1. The second kappa shape index (κ2) is 9.61. The summed E-state index contributed by atoms with van der Waals surface area (Å²) in [5, 5.41) is 12.6. The molecule has 1 saturated heterocycles. The predicted octanol–water partition coefficient (Wildman–Crippen LogP) is 2.90. The smallest absolute Gasteiger partial charge is 0.265 e. The third kappa shape index (κ3) is 4.43. The van der Waals surface area contributed by atoms with Crippen molar-refractivity contribution >= 4 is 39.5 Å². The predicted molar refractivity (Wildman–Crippen MR) is 128 cm³/mol. The zero-order valence-electron chi connectivity index (χ0n) is 18.5. The number of hydrogen-bond donors (Lipinski definition) is 3. The van der Waals surface area contributed by atoms with Crippen molar-refractivity contribution in [2.45, 2.75) is 41.4 Å². The van der Waals surface area contributed by atoms with Crippen LogP contribution in [0.4, 0.5) is 11.4 Å². The number of fused-ring (bicyclic) bond motifs is 1. The maximum Gasteiger partial charge on any atom is 0.265 e. The molecule has 9 nitrogen and oxygen atoms in total. The summed E-state index contributed by atoms with van der Waals surface area (Å²) in [5.74, 6) is 0.477. The normalized spacial score (nSPS) is 19.6. The van der Waals surface area contributed by atoms with E-state index in [2.05, 4.69) is 10.2 Å². The first-order valence-electron chi connectivity index (χ1n) is 11.1. The van der Waals surface area contributed by atoms with E-state index >= 15 is 0 Å². The fraction of sp³-hybridized carbons (Fsp3) is 0.435. The average Bonchev–Trinajstić information content (AvgIpc) is 3.69. The van der Waals surface area contributed by atoms with Gasteiger partial charge >= 0.3 is 0 Å². The van der Waals surface area contributed by atoms with E-state index in [0.717, 1.165) is 18.5 Å². The molecule has 5 rings (SSSR count). The summed E-state index contributed by atoms with van der Waals surface area (Å²) in [5.41, 5.74) is 3.07. The molecule has 2 heterocycles. The van der Waals surface area contributed by atoms with Crippen LogP contribution in [0.3, 0.4) is 0 Å². The Hall–Kier alpha value is -2.53. The van der Waals surface area contributed by atoms with E-state index < -0.39 is 20.5 Å². The highest BCUT2D eigenvalue weighted by Crippen LogP contribution is 2.40. The Morgan fingerprint density at radius 3 is 2.21 bits per heavy atom. The second-order valence-electron chi connectivity index (χ2n) is 8.71. The van der Waals surface area contributed by atoms with E-state index in [1.54, 1.807) is 17.6 Å². The average molecular weight is 510 g/mol. The molecule has 34 heavy (non-hydrogen) atoms. The van der Waals surface area contributed by atoms with Gasteiger partial charge in [0.15, 0.2) is 26.1 Å². The Morgan fingerprint density at radius 1 is 0.971 bits per heavy atom. The third-order valence-electron chi connectivity index (χ3n) is 6.69. The first kappa shape index (κ1) is 24.6. The molecular formula is C23H28ClN3O6S. The van der Waals surface area contributed by atoms with E-state index in [4.69, 9.17) is 9.47 Å². The van der Waals surface area contributed by atoms with Crippen molar-refractivity contribution in [1.82, 2.24) is 10.4 Å². The zero-order valence-corrected chi connectivity index (χ0v) is 20.2. The van der Waals surface area contributed by atoms with Crippen LogP contribution in [0, 0.1) is 0 Å². The number of carbonyl (C=O) groups is 1.